The summed E-state index contributed by atoms with van der Waals surface area (Å²) in [5.41, 5.74) is 1.14. The Morgan fingerprint density at radius 2 is 1.78 bits per heavy atom. The third-order valence-corrected chi connectivity index (χ3v) is 2.89. The summed E-state index contributed by atoms with van der Waals surface area (Å²) in [7, 11) is 0. The van der Waals surface area contributed by atoms with Crippen molar-refractivity contribution in [3.05, 3.63) is 40.6 Å². The molecule has 0 fully saturated rings. The van der Waals surface area contributed by atoms with E-state index in [9.17, 15) is 9.59 Å². The van der Waals surface area contributed by atoms with Crippen LogP contribution in [0.3, 0.4) is 0 Å². The molecular formula is C13H11NO4. The molecule has 2 rings (SSSR count). The molecule has 0 aliphatic rings. The maximum Gasteiger partial charge on any atom is 0.355 e. The van der Waals surface area contributed by atoms with Gasteiger partial charge in [-0.25, -0.2) is 14.6 Å². The van der Waals surface area contributed by atoms with Crippen LogP contribution in [0.25, 0.3) is 10.9 Å². The molecule has 2 N–H and O–H groups in total. The lowest BCUT2D eigenvalue weighted by molar-refractivity contribution is 0.0646. The van der Waals surface area contributed by atoms with E-state index < -0.39 is 17.6 Å². The van der Waals surface area contributed by atoms with Gasteiger partial charge in [0.15, 0.2) is 5.69 Å². The first-order valence-electron chi connectivity index (χ1n) is 5.30. The van der Waals surface area contributed by atoms with Crippen LogP contribution in [-0.2, 0) is 0 Å². The minimum atomic E-state index is -1.33. The third kappa shape index (κ3) is 1.69. The average Bonchev–Trinajstić information content (AvgIpc) is 2.27. The van der Waals surface area contributed by atoms with E-state index in [1.54, 1.807) is 19.1 Å². The highest BCUT2D eigenvalue weighted by Gasteiger charge is 2.22. The van der Waals surface area contributed by atoms with Gasteiger partial charge in [-0.15, -0.1) is 0 Å². The van der Waals surface area contributed by atoms with Gasteiger partial charge in [0.05, 0.1) is 11.1 Å². The number of carbonyl (C=O) groups is 2. The molecule has 1 aromatic heterocycles. The van der Waals surface area contributed by atoms with Gasteiger partial charge in [0.1, 0.15) is 0 Å². The van der Waals surface area contributed by atoms with Crippen molar-refractivity contribution in [3.8, 4) is 0 Å². The predicted octanol–water partition coefficient (Wildman–Crippen LogP) is 2.25. The Kier molecular flexibility index (Phi) is 2.74. The minimum Gasteiger partial charge on any atom is -0.478 e. The van der Waals surface area contributed by atoms with Crippen LogP contribution in [0.1, 0.15) is 32.0 Å². The summed E-state index contributed by atoms with van der Waals surface area (Å²) in [6.07, 6.45) is 0. The molecule has 0 radical (unpaired) electrons. The topological polar surface area (TPSA) is 87.5 Å². The van der Waals surface area contributed by atoms with Crippen molar-refractivity contribution in [1.29, 1.82) is 0 Å². The second kappa shape index (κ2) is 4.10. The number of aromatic carboxylic acids is 2. The Hall–Kier alpha value is -2.43. The zero-order chi connectivity index (χ0) is 13.4. The lowest BCUT2D eigenvalue weighted by atomic mass is 9.98. The fraction of sp³-hybridized carbons (Fsp3) is 0.154. The molecule has 0 bridgehead atoms. The SMILES string of the molecule is Cc1cccc2nc(C(=O)O)c(C(=O)O)c(C)c12. The molecule has 1 aromatic carbocycles. The number of rotatable bonds is 2. The number of hydrogen-bond donors (Lipinski definition) is 2. The van der Waals surface area contributed by atoms with E-state index in [0.29, 0.717) is 16.5 Å². The second-order valence-electron chi connectivity index (χ2n) is 4.04. The molecule has 2 aromatic rings. The van der Waals surface area contributed by atoms with Crippen LogP contribution < -0.4 is 0 Å². The number of hydrogen-bond acceptors (Lipinski definition) is 3. The van der Waals surface area contributed by atoms with Gasteiger partial charge in [-0.05, 0) is 31.0 Å². The normalized spacial score (nSPS) is 10.6. The maximum absolute atomic E-state index is 11.2. The first kappa shape index (κ1) is 12.0. The van der Waals surface area contributed by atoms with Crippen molar-refractivity contribution in [2.24, 2.45) is 0 Å². The first-order valence-corrected chi connectivity index (χ1v) is 5.30. The van der Waals surface area contributed by atoms with Crippen molar-refractivity contribution < 1.29 is 19.8 Å². The monoisotopic (exact) mass is 245 g/mol. The zero-order valence-electron chi connectivity index (χ0n) is 9.89. The summed E-state index contributed by atoms with van der Waals surface area (Å²) in [5, 5.41) is 18.9. The smallest absolute Gasteiger partial charge is 0.355 e. The largest absolute Gasteiger partial charge is 0.478 e. The number of aryl methyl sites for hydroxylation is 2. The van der Waals surface area contributed by atoms with Crippen molar-refractivity contribution in [3.63, 3.8) is 0 Å². The summed E-state index contributed by atoms with van der Waals surface area (Å²) in [4.78, 5) is 26.2. The van der Waals surface area contributed by atoms with Crippen LogP contribution in [0.2, 0.25) is 0 Å². The zero-order valence-corrected chi connectivity index (χ0v) is 9.89. The summed E-state index contributed by atoms with van der Waals surface area (Å²) in [6.45, 7) is 3.44. The molecule has 0 spiro atoms. The average molecular weight is 245 g/mol. The highest BCUT2D eigenvalue weighted by molar-refractivity contribution is 6.06. The lowest BCUT2D eigenvalue weighted by Crippen LogP contribution is -2.13. The number of carboxylic acid groups (broad SMARTS) is 2. The van der Waals surface area contributed by atoms with Crippen LogP contribution in [0, 0.1) is 13.8 Å². The molecule has 5 heteroatoms. The van der Waals surface area contributed by atoms with E-state index in [4.69, 9.17) is 10.2 Å². The Morgan fingerprint density at radius 3 is 2.33 bits per heavy atom. The predicted molar refractivity (Wildman–Crippen MR) is 65.1 cm³/mol. The molecule has 1 heterocycles. The number of aromatic nitrogens is 1. The van der Waals surface area contributed by atoms with Crippen molar-refractivity contribution in [2.45, 2.75) is 13.8 Å². The van der Waals surface area contributed by atoms with Crippen molar-refractivity contribution in [1.82, 2.24) is 4.98 Å². The number of nitrogens with zero attached hydrogens (tertiary/aromatic N) is 1. The summed E-state index contributed by atoms with van der Waals surface area (Å²) in [5.74, 6) is -2.61. The Balaban J connectivity index is 3.00. The van der Waals surface area contributed by atoms with E-state index in [0.717, 1.165) is 5.56 Å². The minimum absolute atomic E-state index is 0.246. The molecule has 5 nitrogen and oxygen atoms in total. The van der Waals surface area contributed by atoms with Crippen LogP contribution >= 0.6 is 0 Å². The Bertz CT molecular complexity index is 676. The number of fused-ring (bicyclic) bond motifs is 1. The van der Waals surface area contributed by atoms with Gasteiger partial charge >= 0.3 is 11.9 Å². The number of benzene rings is 1. The molecule has 0 saturated carbocycles. The molecule has 0 saturated heterocycles. The van der Waals surface area contributed by atoms with Gasteiger partial charge in [-0.2, -0.15) is 0 Å². The molecular weight excluding hydrogens is 234 g/mol. The van der Waals surface area contributed by atoms with Gasteiger partial charge < -0.3 is 10.2 Å². The maximum atomic E-state index is 11.2. The van der Waals surface area contributed by atoms with Crippen LogP contribution in [0.15, 0.2) is 18.2 Å². The van der Waals surface area contributed by atoms with Crippen LogP contribution in [0.4, 0.5) is 0 Å². The van der Waals surface area contributed by atoms with E-state index in [1.165, 1.54) is 0 Å². The number of pyridine rings is 1. The molecule has 18 heavy (non-hydrogen) atoms. The summed E-state index contributed by atoms with van der Waals surface area (Å²) in [6, 6.07) is 5.27. The van der Waals surface area contributed by atoms with Gasteiger partial charge in [-0.3, -0.25) is 0 Å². The fourth-order valence-electron chi connectivity index (χ4n) is 2.13. The summed E-state index contributed by atoms with van der Waals surface area (Å²) < 4.78 is 0. The van der Waals surface area contributed by atoms with Gasteiger partial charge in [0, 0.05) is 5.39 Å². The fourth-order valence-corrected chi connectivity index (χ4v) is 2.13. The highest BCUT2D eigenvalue weighted by Crippen LogP contribution is 2.25. The van der Waals surface area contributed by atoms with E-state index >= 15 is 0 Å². The first-order chi connectivity index (χ1) is 8.43. The highest BCUT2D eigenvalue weighted by atomic mass is 16.4. The van der Waals surface area contributed by atoms with E-state index in [-0.39, 0.29) is 5.56 Å². The van der Waals surface area contributed by atoms with Gasteiger partial charge in [0.2, 0.25) is 0 Å². The van der Waals surface area contributed by atoms with Crippen molar-refractivity contribution in [2.75, 3.05) is 0 Å². The van der Waals surface area contributed by atoms with Crippen molar-refractivity contribution >= 4 is 22.8 Å². The quantitative estimate of drug-likeness (QED) is 0.847. The molecule has 0 amide bonds. The molecule has 0 aliphatic carbocycles. The Morgan fingerprint density at radius 1 is 1.11 bits per heavy atom. The standard InChI is InChI=1S/C13H11NO4/c1-6-4-3-5-8-9(6)7(2)10(12(15)16)11(14-8)13(17)18/h3-5H,1-2H3,(H,15,16)(H,17,18). The van der Waals surface area contributed by atoms with Gasteiger partial charge in [-0.1, -0.05) is 12.1 Å². The lowest BCUT2D eigenvalue weighted by Gasteiger charge is -2.10. The van der Waals surface area contributed by atoms with Gasteiger partial charge in [0.25, 0.3) is 0 Å². The Labute approximate surface area is 103 Å². The molecule has 0 atom stereocenters. The summed E-state index contributed by atoms with van der Waals surface area (Å²) >= 11 is 0. The molecule has 92 valence electrons. The second-order valence-corrected chi connectivity index (χ2v) is 4.04. The van der Waals surface area contributed by atoms with E-state index in [1.807, 2.05) is 13.0 Å². The molecule has 0 aliphatic heterocycles. The van der Waals surface area contributed by atoms with Crippen LogP contribution in [0.5, 0.6) is 0 Å². The third-order valence-electron chi connectivity index (χ3n) is 2.89. The van der Waals surface area contributed by atoms with E-state index in [2.05, 4.69) is 4.98 Å². The van der Waals surface area contributed by atoms with Crippen LogP contribution in [-0.4, -0.2) is 27.1 Å². The number of carboxylic acids is 2. The molecule has 0 unspecified atom stereocenters.